The van der Waals surface area contributed by atoms with Crippen molar-refractivity contribution < 1.29 is 0 Å². The molecule has 0 nitrogen and oxygen atoms in total. The molecule has 0 heterocycles. The average Bonchev–Trinajstić information content (AvgIpc) is 2.16. The van der Waals surface area contributed by atoms with Gasteiger partial charge in [0.15, 0.2) is 0 Å². The van der Waals surface area contributed by atoms with E-state index >= 15 is 0 Å². The Kier molecular flexibility index (Phi) is 4.25. The number of hydrogen-bond acceptors (Lipinski definition) is 0. The summed E-state index contributed by atoms with van der Waals surface area (Å²) in [4.78, 5) is 0. The second-order valence-corrected chi connectivity index (χ2v) is 24.9. The lowest BCUT2D eigenvalue weighted by Crippen LogP contribution is -2.55. The molecule has 0 radical (unpaired) electrons. The molecule has 3 heteroatoms. The topological polar surface area (TPSA) is 0 Å². The molecule has 1 atom stereocenters. The van der Waals surface area contributed by atoms with Gasteiger partial charge in [-0.05, 0) is 12.5 Å². The molecule has 0 spiro atoms. The Bertz CT molecular complexity index is 349. The van der Waals surface area contributed by atoms with Crippen molar-refractivity contribution in [3.8, 4) is 0 Å². The highest BCUT2D eigenvalue weighted by Gasteiger charge is 2.42. The molecule has 1 aromatic carbocycles. The molecule has 0 aliphatic heterocycles. The van der Waals surface area contributed by atoms with Crippen LogP contribution in [-0.4, -0.2) is 15.2 Å². The van der Waals surface area contributed by atoms with E-state index in [1.165, 1.54) is 11.1 Å². The van der Waals surface area contributed by atoms with Crippen LogP contribution in [0.1, 0.15) is 15.6 Å². The number of alkyl halides is 1. The number of halogens is 1. The van der Waals surface area contributed by atoms with E-state index in [-0.39, 0.29) is 0 Å². The van der Waals surface area contributed by atoms with Gasteiger partial charge < -0.3 is 0 Å². The van der Waals surface area contributed by atoms with Crippen molar-refractivity contribution in [1.29, 1.82) is 0 Å². The third-order valence-electron chi connectivity index (χ3n) is 3.94. The lowest BCUT2D eigenvalue weighted by atomic mass is 10.2. The van der Waals surface area contributed by atoms with Crippen molar-refractivity contribution in [1.82, 2.24) is 0 Å². The first-order valence-corrected chi connectivity index (χ1v) is 14.4. The molecule has 1 unspecified atom stereocenters. The maximum atomic E-state index is 3.96. The maximum absolute atomic E-state index is 3.96. The third kappa shape index (κ3) is 2.87. The second kappa shape index (κ2) is 4.79. The summed E-state index contributed by atoms with van der Waals surface area (Å²) in [5, 5.41) is 0. The fourth-order valence-corrected chi connectivity index (χ4v) is 12.6. The van der Waals surface area contributed by atoms with Crippen molar-refractivity contribution >= 4 is 31.1 Å². The molecule has 0 aliphatic rings. The SMILES string of the molecule is Cc1ccc(C(Br)[Si](C)(C)[Si](C)(C)C)cc1. The van der Waals surface area contributed by atoms with Gasteiger partial charge in [0.2, 0.25) is 0 Å². The van der Waals surface area contributed by atoms with Crippen LogP contribution in [-0.2, 0) is 0 Å². The number of benzene rings is 1. The van der Waals surface area contributed by atoms with Crippen LogP contribution in [0.25, 0.3) is 0 Å². The van der Waals surface area contributed by atoms with Gasteiger partial charge in [0, 0.05) is 12.0 Å². The van der Waals surface area contributed by atoms with Gasteiger partial charge >= 0.3 is 0 Å². The summed E-state index contributed by atoms with van der Waals surface area (Å²) in [6, 6.07) is 9.00. The Morgan fingerprint density at radius 3 is 1.75 bits per heavy atom. The van der Waals surface area contributed by atoms with Gasteiger partial charge in [-0.3, -0.25) is 0 Å². The van der Waals surface area contributed by atoms with Gasteiger partial charge in [0.25, 0.3) is 0 Å². The Morgan fingerprint density at radius 2 is 1.38 bits per heavy atom. The van der Waals surface area contributed by atoms with Crippen LogP contribution in [0.2, 0.25) is 32.7 Å². The Balaban J connectivity index is 3.02. The molecule has 1 aromatic rings. The average molecular weight is 315 g/mol. The molecule has 90 valence electrons. The predicted octanol–water partition coefficient (Wildman–Crippen LogP) is 5.10. The van der Waals surface area contributed by atoms with E-state index in [1.54, 1.807) is 0 Å². The number of hydrogen-bond donors (Lipinski definition) is 0. The molecule has 0 aromatic heterocycles. The minimum absolute atomic E-state index is 0.590. The van der Waals surface area contributed by atoms with E-state index in [4.69, 9.17) is 0 Å². The Labute approximate surface area is 110 Å². The summed E-state index contributed by atoms with van der Waals surface area (Å²) in [5.41, 5.74) is 2.81. The summed E-state index contributed by atoms with van der Waals surface area (Å²) < 4.78 is 0.590. The number of aryl methyl sites for hydroxylation is 1. The van der Waals surface area contributed by atoms with Crippen molar-refractivity contribution in [3.05, 3.63) is 35.4 Å². The summed E-state index contributed by atoms with van der Waals surface area (Å²) in [6.07, 6.45) is 0. The second-order valence-electron chi connectivity index (χ2n) is 6.24. The zero-order valence-corrected chi connectivity index (χ0v) is 14.9. The van der Waals surface area contributed by atoms with Crippen molar-refractivity contribution in [2.45, 2.75) is 44.1 Å². The molecule has 1 rings (SSSR count). The molecule has 0 saturated heterocycles. The number of rotatable bonds is 3. The standard InChI is InChI=1S/C13H23BrSi2/c1-11-7-9-12(10-8-11)13(14)16(5,6)15(2,3)4/h7-10,13H,1-6H3. The molecule has 0 saturated carbocycles. The molecule has 16 heavy (non-hydrogen) atoms. The van der Waals surface area contributed by atoms with Gasteiger partial charge in [-0.1, -0.05) is 78.5 Å². The van der Waals surface area contributed by atoms with Gasteiger partial charge in [0.05, 0.1) is 7.59 Å². The van der Waals surface area contributed by atoms with Gasteiger partial charge in [0.1, 0.15) is 0 Å². The van der Waals surface area contributed by atoms with E-state index in [0.29, 0.717) is 4.45 Å². The summed E-state index contributed by atoms with van der Waals surface area (Å²) in [6.45, 7) is 14.7. The van der Waals surface area contributed by atoms with Crippen molar-refractivity contribution in [2.75, 3.05) is 0 Å². The van der Waals surface area contributed by atoms with Gasteiger partial charge in [-0.25, -0.2) is 0 Å². The van der Waals surface area contributed by atoms with Crippen LogP contribution in [0, 0.1) is 6.92 Å². The highest BCUT2D eigenvalue weighted by Crippen LogP contribution is 2.38. The van der Waals surface area contributed by atoms with E-state index in [1.807, 2.05) is 0 Å². The van der Waals surface area contributed by atoms with Crippen LogP contribution in [0.5, 0.6) is 0 Å². The summed E-state index contributed by atoms with van der Waals surface area (Å²) in [5.74, 6) is 0. The molecular formula is C13H23BrSi2. The van der Waals surface area contributed by atoms with Crippen molar-refractivity contribution in [3.63, 3.8) is 0 Å². The van der Waals surface area contributed by atoms with Crippen LogP contribution >= 0.6 is 15.9 Å². The fraction of sp³-hybridized carbons (Fsp3) is 0.538. The molecule has 0 fully saturated rings. The lowest BCUT2D eigenvalue weighted by Gasteiger charge is -2.39. The molecule has 0 aliphatic carbocycles. The minimum Gasteiger partial charge on any atom is -0.0877 e. The zero-order chi connectivity index (χ0) is 12.6. The van der Waals surface area contributed by atoms with E-state index in [2.05, 4.69) is 79.9 Å². The minimum atomic E-state index is -1.21. The normalized spacial score (nSPS) is 14.9. The summed E-state index contributed by atoms with van der Waals surface area (Å²) in [7, 11) is -2.26. The quantitative estimate of drug-likeness (QED) is 0.538. The first-order valence-electron chi connectivity index (χ1n) is 5.87. The maximum Gasteiger partial charge on any atom is 0.0619 e. The zero-order valence-electron chi connectivity index (χ0n) is 11.3. The monoisotopic (exact) mass is 314 g/mol. The van der Waals surface area contributed by atoms with Gasteiger partial charge in [-0.15, -0.1) is 0 Å². The molecular weight excluding hydrogens is 292 g/mol. The first-order chi connectivity index (χ1) is 7.16. The summed E-state index contributed by atoms with van der Waals surface area (Å²) >= 11 is 3.96. The predicted molar refractivity (Wildman–Crippen MR) is 83.7 cm³/mol. The van der Waals surface area contributed by atoms with Crippen LogP contribution in [0.3, 0.4) is 0 Å². The third-order valence-corrected chi connectivity index (χ3v) is 27.1. The van der Waals surface area contributed by atoms with Crippen LogP contribution < -0.4 is 0 Å². The van der Waals surface area contributed by atoms with Crippen LogP contribution in [0.15, 0.2) is 24.3 Å². The highest BCUT2D eigenvalue weighted by atomic mass is 79.9. The smallest absolute Gasteiger partial charge is 0.0619 e. The largest absolute Gasteiger partial charge is 0.0877 e. The van der Waals surface area contributed by atoms with E-state index in [0.717, 1.165) is 0 Å². The molecule has 0 bridgehead atoms. The van der Waals surface area contributed by atoms with Gasteiger partial charge in [-0.2, -0.15) is 0 Å². The Morgan fingerprint density at radius 1 is 0.938 bits per heavy atom. The Hall–Kier alpha value is 0.134. The highest BCUT2D eigenvalue weighted by molar-refractivity contribution is 9.10. The first kappa shape index (κ1) is 14.2. The lowest BCUT2D eigenvalue weighted by molar-refractivity contribution is 1.29. The molecule has 0 amide bonds. The molecule has 0 N–H and O–H groups in total. The van der Waals surface area contributed by atoms with E-state index < -0.39 is 15.2 Å². The van der Waals surface area contributed by atoms with Crippen molar-refractivity contribution in [2.24, 2.45) is 0 Å². The van der Waals surface area contributed by atoms with Crippen LogP contribution in [0.4, 0.5) is 0 Å². The fourth-order valence-electron chi connectivity index (χ4n) is 1.53. The van der Waals surface area contributed by atoms with E-state index in [9.17, 15) is 0 Å².